The number of nitrogens with one attached hydrogen (secondary N) is 2. The van der Waals surface area contributed by atoms with E-state index in [-0.39, 0.29) is 17.9 Å². The Balaban J connectivity index is 2.07. The molecule has 0 aromatic heterocycles. The first-order valence-corrected chi connectivity index (χ1v) is 8.46. The summed E-state index contributed by atoms with van der Waals surface area (Å²) in [6, 6.07) is 8.20. The van der Waals surface area contributed by atoms with Crippen molar-refractivity contribution in [3.63, 3.8) is 0 Å². The molecule has 2 rings (SSSR count). The largest absolute Gasteiger partial charge is 0.381 e. The summed E-state index contributed by atoms with van der Waals surface area (Å²) in [7, 11) is 0. The van der Waals surface area contributed by atoms with Crippen LogP contribution in [0.25, 0.3) is 0 Å². The van der Waals surface area contributed by atoms with Gasteiger partial charge in [-0.1, -0.05) is 44.2 Å². The lowest BCUT2D eigenvalue weighted by Gasteiger charge is -2.26. The Bertz CT molecular complexity index is 558. The highest BCUT2D eigenvalue weighted by Crippen LogP contribution is 2.19. The van der Waals surface area contributed by atoms with Gasteiger partial charge in [0.25, 0.3) is 5.91 Å². The van der Waals surface area contributed by atoms with Crippen LogP contribution >= 0.6 is 0 Å². The highest BCUT2D eigenvalue weighted by molar-refractivity contribution is 5.85. The fraction of sp³-hybridized carbons (Fsp3) is 0.556. The van der Waals surface area contributed by atoms with E-state index in [2.05, 4.69) is 10.6 Å². The van der Waals surface area contributed by atoms with E-state index in [0.717, 1.165) is 18.4 Å². The Morgan fingerprint density at radius 3 is 2.38 bits per heavy atom. The predicted octanol–water partition coefficient (Wildman–Crippen LogP) is 0.337. The zero-order chi connectivity index (χ0) is 17.7. The molecule has 1 aromatic carbocycles. The number of benzene rings is 1. The van der Waals surface area contributed by atoms with Crippen LogP contribution in [-0.2, 0) is 16.0 Å². The third kappa shape index (κ3) is 5.32. The van der Waals surface area contributed by atoms with Crippen molar-refractivity contribution in [2.75, 3.05) is 0 Å². The third-order valence-electron chi connectivity index (χ3n) is 4.22. The van der Waals surface area contributed by atoms with E-state index in [1.165, 1.54) is 0 Å². The van der Waals surface area contributed by atoms with Gasteiger partial charge in [0.05, 0.1) is 12.1 Å². The molecule has 24 heavy (non-hydrogen) atoms. The maximum atomic E-state index is 12.3. The van der Waals surface area contributed by atoms with Gasteiger partial charge < -0.3 is 21.5 Å². The summed E-state index contributed by atoms with van der Waals surface area (Å²) in [6.45, 7) is 3.71. The first kappa shape index (κ1) is 18.4. The van der Waals surface area contributed by atoms with Gasteiger partial charge in [0, 0.05) is 6.04 Å². The highest BCUT2D eigenvalue weighted by atomic mass is 16.3. The van der Waals surface area contributed by atoms with Crippen LogP contribution in [0.5, 0.6) is 0 Å². The van der Waals surface area contributed by atoms with E-state index in [4.69, 9.17) is 5.73 Å². The number of carbonyl (C=O) groups is 2. The van der Waals surface area contributed by atoms with Crippen LogP contribution in [0.1, 0.15) is 32.3 Å². The number of aliphatic hydroxyl groups excluding tert-OH is 1. The zero-order valence-electron chi connectivity index (χ0n) is 14.2. The highest BCUT2D eigenvalue weighted by Gasteiger charge is 2.33. The van der Waals surface area contributed by atoms with Gasteiger partial charge in [0.2, 0.25) is 5.91 Å². The fourth-order valence-electron chi connectivity index (χ4n) is 2.39. The van der Waals surface area contributed by atoms with Gasteiger partial charge in [0.1, 0.15) is 0 Å². The van der Waals surface area contributed by atoms with Crippen molar-refractivity contribution in [2.45, 2.75) is 57.3 Å². The van der Waals surface area contributed by atoms with Crippen molar-refractivity contribution in [3.05, 3.63) is 35.9 Å². The summed E-state index contributed by atoms with van der Waals surface area (Å²) in [5.74, 6) is -0.833. The van der Waals surface area contributed by atoms with Crippen LogP contribution in [0.2, 0.25) is 0 Å². The van der Waals surface area contributed by atoms with Crippen LogP contribution in [0.4, 0.5) is 0 Å². The zero-order valence-corrected chi connectivity index (χ0v) is 14.2. The Morgan fingerprint density at radius 1 is 1.21 bits per heavy atom. The summed E-state index contributed by atoms with van der Waals surface area (Å²) in [6.07, 6.45) is 0.921. The summed E-state index contributed by atoms with van der Waals surface area (Å²) in [4.78, 5) is 24.4. The second-order valence-electron chi connectivity index (χ2n) is 6.80. The number of rotatable bonds is 8. The molecule has 132 valence electrons. The van der Waals surface area contributed by atoms with Gasteiger partial charge in [-0.2, -0.15) is 0 Å². The fourth-order valence-corrected chi connectivity index (χ4v) is 2.39. The second kappa shape index (κ2) is 8.26. The summed E-state index contributed by atoms with van der Waals surface area (Å²) < 4.78 is 0. The van der Waals surface area contributed by atoms with Crippen molar-refractivity contribution < 1.29 is 14.7 Å². The van der Waals surface area contributed by atoms with Gasteiger partial charge in [-0.25, -0.2) is 0 Å². The molecule has 0 radical (unpaired) electrons. The van der Waals surface area contributed by atoms with E-state index in [1.54, 1.807) is 0 Å². The van der Waals surface area contributed by atoms with Crippen LogP contribution in [0, 0.1) is 5.92 Å². The van der Waals surface area contributed by atoms with E-state index in [9.17, 15) is 14.7 Å². The molecule has 2 amide bonds. The smallest absolute Gasteiger partial charge is 0.251 e. The maximum Gasteiger partial charge on any atom is 0.251 e. The van der Waals surface area contributed by atoms with Crippen LogP contribution < -0.4 is 16.4 Å². The van der Waals surface area contributed by atoms with Gasteiger partial charge in [-0.05, 0) is 30.7 Å². The molecule has 1 aliphatic rings. The SMILES string of the molecule is CC(C)[C@H](N)C(=O)NC(Cc1ccccc1)C(O)C(=O)NC1CC1. The van der Waals surface area contributed by atoms with Gasteiger partial charge in [0.15, 0.2) is 6.10 Å². The average Bonchev–Trinajstić information content (AvgIpc) is 3.37. The Labute approximate surface area is 142 Å². The molecule has 0 heterocycles. The second-order valence-corrected chi connectivity index (χ2v) is 6.80. The molecule has 0 saturated heterocycles. The summed E-state index contributed by atoms with van der Waals surface area (Å²) in [5, 5.41) is 15.9. The van der Waals surface area contributed by atoms with Crippen LogP contribution in [0.15, 0.2) is 30.3 Å². The molecule has 2 unspecified atom stereocenters. The molecule has 1 fully saturated rings. The molecule has 0 aliphatic heterocycles. The van der Waals surface area contributed by atoms with Crippen molar-refractivity contribution in [1.29, 1.82) is 0 Å². The van der Waals surface area contributed by atoms with Crippen molar-refractivity contribution >= 4 is 11.8 Å². The molecule has 6 heteroatoms. The molecular weight excluding hydrogens is 306 g/mol. The number of nitrogens with two attached hydrogens (primary N) is 1. The first-order valence-electron chi connectivity index (χ1n) is 8.46. The monoisotopic (exact) mass is 333 g/mol. The van der Waals surface area contributed by atoms with Gasteiger partial charge in [-0.15, -0.1) is 0 Å². The normalized spacial score (nSPS) is 17.9. The molecule has 6 nitrogen and oxygen atoms in total. The standard InChI is InChI=1S/C18H27N3O3/c1-11(2)15(19)17(23)21-14(10-12-6-4-3-5-7-12)16(22)18(24)20-13-8-9-13/h3-7,11,13-16,22H,8-10,19H2,1-2H3,(H,20,24)(H,21,23)/t14?,15-,16?/m0/s1. The average molecular weight is 333 g/mol. The van der Waals surface area contributed by atoms with Crippen LogP contribution in [0.3, 0.4) is 0 Å². The number of hydrogen-bond acceptors (Lipinski definition) is 4. The molecular formula is C18H27N3O3. The molecule has 0 bridgehead atoms. The summed E-state index contributed by atoms with van der Waals surface area (Å²) >= 11 is 0. The van der Waals surface area contributed by atoms with E-state index < -0.39 is 24.1 Å². The van der Waals surface area contributed by atoms with E-state index in [0.29, 0.717) is 6.42 Å². The van der Waals surface area contributed by atoms with E-state index in [1.807, 2.05) is 44.2 Å². The molecule has 1 aliphatic carbocycles. The minimum absolute atomic E-state index is 0.0280. The van der Waals surface area contributed by atoms with Crippen molar-refractivity contribution in [2.24, 2.45) is 11.7 Å². The van der Waals surface area contributed by atoms with Gasteiger partial charge in [-0.3, -0.25) is 9.59 Å². The number of carbonyl (C=O) groups excluding carboxylic acids is 2. The molecule has 1 saturated carbocycles. The maximum absolute atomic E-state index is 12.3. The van der Waals surface area contributed by atoms with Crippen molar-refractivity contribution in [3.8, 4) is 0 Å². The Kier molecular flexibility index (Phi) is 6.34. The third-order valence-corrected chi connectivity index (χ3v) is 4.22. The van der Waals surface area contributed by atoms with Crippen molar-refractivity contribution in [1.82, 2.24) is 10.6 Å². The minimum Gasteiger partial charge on any atom is -0.381 e. The number of amides is 2. The lowest BCUT2D eigenvalue weighted by Crippen LogP contribution is -2.56. The molecule has 0 spiro atoms. The molecule has 1 aromatic rings. The number of aliphatic hydroxyl groups is 1. The summed E-state index contributed by atoms with van der Waals surface area (Å²) in [5.41, 5.74) is 6.80. The topological polar surface area (TPSA) is 104 Å². The molecule has 3 atom stereocenters. The lowest BCUT2D eigenvalue weighted by molar-refractivity contribution is -0.132. The Hall–Kier alpha value is -1.92. The Morgan fingerprint density at radius 2 is 1.83 bits per heavy atom. The van der Waals surface area contributed by atoms with Crippen LogP contribution in [-0.4, -0.2) is 41.2 Å². The number of hydrogen-bond donors (Lipinski definition) is 4. The van der Waals surface area contributed by atoms with Gasteiger partial charge >= 0.3 is 0 Å². The quantitative estimate of drug-likeness (QED) is 0.550. The minimum atomic E-state index is -1.31. The first-order chi connectivity index (χ1) is 11.4. The lowest BCUT2D eigenvalue weighted by atomic mass is 9.98. The van der Waals surface area contributed by atoms with E-state index >= 15 is 0 Å². The predicted molar refractivity (Wildman–Crippen MR) is 92.1 cm³/mol. The molecule has 5 N–H and O–H groups in total.